The first-order valence-corrected chi connectivity index (χ1v) is 7.47. The van der Waals surface area contributed by atoms with Gasteiger partial charge >= 0.3 is 5.69 Å². The first kappa shape index (κ1) is 13.7. The fraction of sp³-hybridized carbons (Fsp3) is 0.385. The molecular formula is C13H14N4O3S. The molecule has 0 radical (unpaired) electrons. The van der Waals surface area contributed by atoms with Gasteiger partial charge in [-0.2, -0.15) is 0 Å². The fourth-order valence-corrected chi connectivity index (χ4v) is 3.34. The SMILES string of the molecule is CCc1nnc(-c2sc3[nH]c(=O)n(CC)c(=O)c3c2C)o1. The number of fused-ring (bicyclic) bond motifs is 1. The summed E-state index contributed by atoms with van der Waals surface area (Å²) in [6.07, 6.45) is 0.649. The molecule has 3 heterocycles. The predicted molar refractivity (Wildman–Crippen MR) is 79.8 cm³/mol. The molecule has 0 saturated carbocycles. The van der Waals surface area contributed by atoms with E-state index in [1.54, 1.807) is 6.92 Å². The summed E-state index contributed by atoms with van der Waals surface area (Å²) in [6, 6.07) is 0. The van der Waals surface area contributed by atoms with Gasteiger partial charge in [0.25, 0.3) is 11.4 Å². The molecule has 3 aromatic rings. The number of hydrogen-bond acceptors (Lipinski definition) is 6. The molecule has 0 unspecified atom stereocenters. The molecular weight excluding hydrogens is 292 g/mol. The third-order valence-electron chi connectivity index (χ3n) is 3.35. The summed E-state index contributed by atoms with van der Waals surface area (Å²) in [7, 11) is 0. The fourth-order valence-electron chi connectivity index (χ4n) is 2.23. The minimum absolute atomic E-state index is 0.286. The van der Waals surface area contributed by atoms with Crippen molar-refractivity contribution in [1.29, 1.82) is 0 Å². The lowest BCUT2D eigenvalue weighted by molar-refractivity contribution is 0.513. The Balaban J connectivity index is 2.32. The maximum absolute atomic E-state index is 12.4. The lowest BCUT2D eigenvalue weighted by atomic mass is 10.2. The Hall–Kier alpha value is -2.22. The average molecular weight is 306 g/mol. The summed E-state index contributed by atoms with van der Waals surface area (Å²) in [5.41, 5.74) is 0.0683. The van der Waals surface area contributed by atoms with Crippen molar-refractivity contribution in [1.82, 2.24) is 19.7 Å². The minimum atomic E-state index is -0.400. The highest BCUT2D eigenvalue weighted by Crippen LogP contribution is 2.34. The summed E-state index contributed by atoms with van der Waals surface area (Å²) < 4.78 is 6.72. The molecule has 21 heavy (non-hydrogen) atoms. The van der Waals surface area contributed by atoms with Crippen LogP contribution >= 0.6 is 11.3 Å². The number of aromatic nitrogens is 4. The topological polar surface area (TPSA) is 93.8 Å². The van der Waals surface area contributed by atoms with Crippen molar-refractivity contribution in [2.45, 2.75) is 33.7 Å². The number of hydrogen-bond donors (Lipinski definition) is 1. The number of aromatic amines is 1. The Bertz CT molecular complexity index is 931. The van der Waals surface area contributed by atoms with Crippen molar-refractivity contribution in [2.24, 2.45) is 0 Å². The van der Waals surface area contributed by atoms with E-state index in [2.05, 4.69) is 15.2 Å². The molecule has 0 saturated heterocycles. The summed E-state index contributed by atoms with van der Waals surface area (Å²) in [4.78, 5) is 28.2. The predicted octanol–water partition coefficient (Wildman–Crippen LogP) is 1.69. The zero-order valence-electron chi connectivity index (χ0n) is 11.9. The van der Waals surface area contributed by atoms with Crippen LogP contribution in [0, 0.1) is 6.92 Å². The zero-order chi connectivity index (χ0) is 15.1. The molecule has 0 aliphatic rings. The van der Waals surface area contributed by atoms with E-state index in [-0.39, 0.29) is 5.56 Å². The van der Waals surface area contributed by atoms with Crippen LogP contribution in [-0.2, 0) is 13.0 Å². The van der Waals surface area contributed by atoms with E-state index in [1.165, 1.54) is 15.9 Å². The van der Waals surface area contributed by atoms with Crippen LogP contribution in [0.3, 0.4) is 0 Å². The smallest absolute Gasteiger partial charge is 0.329 e. The first-order valence-electron chi connectivity index (χ1n) is 6.65. The molecule has 0 fully saturated rings. The van der Waals surface area contributed by atoms with E-state index in [0.717, 1.165) is 10.4 Å². The second-order valence-electron chi connectivity index (χ2n) is 4.59. The quantitative estimate of drug-likeness (QED) is 0.794. The van der Waals surface area contributed by atoms with Gasteiger partial charge in [-0.05, 0) is 19.4 Å². The van der Waals surface area contributed by atoms with Gasteiger partial charge < -0.3 is 4.42 Å². The largest absolute Gasteiger partial charge is 0.420 e. The molecule has 7 nitrogen and oxygen atoms in total. The molecule has 0 aliphatic heterocycles. The zero-order valence-corrected chi connectivity index (χ0v) is 12.7. The number of H-pyrrole nitrogens is 1. The van der Waals surface area contributed by atoms with Crippen LogP contribution in [-0.4, -0.2) is 19.7 Å². The Morgan fingerprint density at radius 3 is 2.67 bits per heavy atom. The van der Waals surface area contributed by atoms with Crippen molar-refractivity contribution in [2.75, 3.05) is 0 Å². The number of nitrogens with zero attached hydrogens (tertiary/aromatic N) is 3. The normalized spacial score (nSPS) is 11.4. The summed E-state index contributed by atoms with van der Waals surface area (Å²) >= 11 is 1.28. The third-order valence-corrected chi connectivity index (χ3v) is 4.55. The standard InChI is InChI=1S/C13H14N4O3S/c1-4-7-15-16-10(20-7)9-6(3)8-11(21-9)14-13(19)17(5-2)12(8)18/h4-5H2,1-3H3,(H,14,19). The number of rotatable bonds is 3. The monoisotopic (exact) mass is 306 g/mol. The van der Waals surface area contributed by atoms with Gasteiger partial charge in [0.15, 0.2) is 0 Å². The summed E-state index contributed by atoms with van der Waals surface area (Å²) in [5, 5.41) is 8.44. The molecule has 0 aliphatic carbocycles. The number of nitrogens with one attached hydrogen (secondary N) is 1. The number of thiophene rings is 1. The Morgan fingerprint density at radius 2 is 2.05 bits per heavy atom. The van der Waals surface area contributed by atoms with E-state index in [1.807, 2.05) is 13.8 Å². The van der Waals surface area contributed by atoms with Crippen molar-refractivity contribution < 1.29 is 4.42 Å². The maximum Gasteiger partial charge on any atom is 0.329 e. The van der Waals surface area contributed by atoms with Gasteiger partial charge in [0.1, 0.15) is 4.83 Å². The highest BCUT2D eigenvalue weighted by molar-refractivity contribution is 7.22. The molecule has 3 rings (SSSR count). The molecule has 0 spiro atoms. The minimum Gasteiger partial charge on any atom is -0.420 e. The van der Waals surface area contributed by atoms with Crippen LogP contribution in [0.1, 0.15) is 25.3 Å². The second-order valence-corrected chi connectivity index (χ2v) is 5.62. The number of aryl methyl sites for hydroxylation is 2. The van der Waals surface area contributed by atoms with Crippen molar-refractivity contribution in [3.8, 4) is 10.8 Å². The van der Waals surface area contributed by atoms with E-state index in [9.17, 15) is 9.59 Å². The van der Waals surface area contributed by atoms with E-state index >= 15 is 0 Å². The van der Waals surface area contributed by atoms with Crippen LogP contribution in [0.5, 0.6) is 0 Å². The van der Waals surface area contributed by atoms with Crippen molar-refractivity contribution in [3.63, 3.8) is 0 Å². The molecule has 0 aromatic carbocycles. The summed E-state index contributed by atoms with van der Waals surface area (Å²) in [6.45, 7) is 5.84. The highest BCUT2D eigenvalue weighted by Gasteiger charge is 2.20. The molecule has 3 aromatic heterocycles. The maximum atomic E-state index is 12.4. The van der Waals surface area contributed by atoms with E-state index < -0.39 is 5.69 Å². The van der Waals surface area contributed by atoms with Gasteiger partial charge in [0.2, 0.25) is 5.89 Å². The first-order chi connectivity index (χ1) is 10.1. The molecule has 0 bridgehead atoms. The van der Waals surface area contributed by atoms with Crippen molar-refractivity contribution >= 4 is 21.6 Å². The third kappa shape index (κ3) is 2.02. The Morgan fingerprint density at radius 1 is 1.29 bits per heavy atom. The molecule has 0 atom stereocenters. The Kier molecular flexibility index (Phi) is 3.25. The molecule has 0 amide bonds. The van der Waals surface area contributed by atoms with Gasteiger partial charge in [0, 0.05) is 13.0 Å². The highest BCUT2D eigenvalue weighted by atomic mass is 32.1. The van der Waals surface area contributed by atoms with Gasteiger partial charge in [-0.3, -0.25) is 14.3 Å². The van der Waals surface area contributed by atoms with E-state index in [4.69, 9.17) is 4.42 Å². The van der Waals surface area contributed by atoms with Gasteiger partial charge in [-0.25, -0.2) is 4.79 Å². The summed E-state index contributed by atoms with van der Waals surface area (Å²) in [5.74, 6) is 0.926. The lowest BCUT2D eigenvalue weighted by Gasteiger charge is -2.00. The van der Waals surface area contributed by atoms with Crippen LogP contribution < -0.4 is 11.2 Å². The lowest BCUT2D eigenvalue weighted by Crippen LogP contribution is -2.34. The average Bonchev–Trinajstić information content (AvgIpc) is 3.04. The van der Waals surface area contributed by atoms with Gasteiger partial charge in [-0.1, -0.05) is 6.92 Å². The van der Waals surface area contributed by atoms with Crippen LogP contribution in [0.2, 0.25) is 0 Å². The van der Waals surface area contributed by atoms with Gasteiger partial charge in [0.05, 0.1) is 10.3 Å². The molecule has 8 heteroatoms. The Labute approximate surface area is 123 Å². The van der Waals surface area contributed by atoms with Crippen molar-refractivity contribution in [3.05, 3.63) is 32.3 Å². The second kappa shape index (κ2) is 4.96. The van der Waals surface area contributed by atoms with Crippen LogP contribution in [0.15, 0.2) is 14.0 Å². The van der Waals surface area contributed by atoms with Crippen LogP contribution in [0.25, 0.3) is 21.0 Å². The molecule has 1 N–H and O–H groups in total. The van der Waals surface area contributed by atoms with Crippen LogP contribution in [0.4, 0.5) is 0 Å². The van der Waals surface area contributed by atoms with E-state index in [0.29, 0.717) is 35.0 Å². The molecule has 110 valence electrons. The van der Waals surface area contributed by atoms with Gasteiger partial charge in [-0.15, -0.1) is 21.5 Å².